The van der Waals surface area contributed by atoms with Crippen LogP contribution in [-0.2, 0) is 9.53 Å². The second kappa shape index (κ2) is 8.53. The molecule has 0 aromatic heterocycles. The molecule has 0 spiro atoms. The van der Waals surface area contributed by atoms with Crippen LogP contribution in [0, 0.1) is 0 Å². The lowest BCUT2D eigenvalue weighted by molar-refractivity contribution is -0.119. The summed E-state index contributed by atoms with van der Waals surface area (Å²) in [5.74, 6) is -0.569. The zero-order valence-electron chi connectivity index (χ0n) is 15.9. The SMILES string of the molecule is O=C(Nc1cccc(N2CCOC2=O)c1)C1CCCN1C(=O)c1cc(Cl)cc(Cl)c1. The van der Waals surface area contributed by atoms with Crippen molar-refractivity contribution in [2.75, 3.05) is 29.9 Å². The maximum absolute atomic E-state index is 13.0. The van der Waals surface area contributed by atoms with Crippen LogP contribution in [0.1, 0.15) is 23.2 Å². The number of carbonyl (C=O) groups is 3. The first-order valence-corrected chi connectivity index (χ1v) is 10.3. The molecule has 2 aliphatic heterocycles. The van der Waals surface area contributed by atoms with Gasteiger partial charge in [0.15, 0.2) is 0 Å². The summed E-state index contributed by atoms with van der Waals surface area (Å²) >= 11 is 12.0. The van der Waals surface area contributed by atoms with Gasteiger partial charge < -0.3 is 15.0 Å². The number of hydrogen-bond donors (Lipinski definition) is 1. The second-order valence-electron chi connectivity index (χ2n) is 7.12. The molecule has 1 N–H and O–H groups in total. The van der Waals surface area contributed by atoms with Gasteiger partial charge in [-0.3, -0.25) is 14.5 Å². The van der Waals surface area contributed by atoms with Crippen molar-refractivity contribution >= 4 is 52.5 Å². The Morgan fingerprint density at radius 3 is 2.53 bits per heavy atom. The molecule has 0 bridgehead atoms. The summed E-state index contributed by atoms with van der Waals surface area (Å²) in [5.41, 5.74) is 1.53. The van der Waals surface area contributed by atoms with Gasteiger partial charge in [0, 0.05) is 33.5 Å². The van der Waals surface area contributed by atoms with Gasteiger partial charge in [0.2, 0.25) is 5.91 Å². The highest BCUT2D eigenvalue weighted by Crippen LogP contribution is 2.26. The highest BCUT2D eigenvalue weighted by atomic mass is 35.5. The predicted molar refractivity (Wildman–Crippen MR) is 114 cm³/mol. The molecule has 2 heterocycles. The molecule has 4 rings (SSSR count). The Kier molecular flexibility index (Phi) is 5.83. The Hall–Kier alpha value is -2.77. The Labute approximate surface area is 183 Å². The van der Waals surface area contributed by atoms with Gasteiger partial charge in [-0.05, 0) is 49.2 Å². The number of cyclic esters (lactones) is 1. The van der Waals surface area contributed by atoms with Crippen LogP contribution >= 0.6 is 23.2 Å². The summed E-state index contributed by atoms with van der Waals surface area (Å²) in [7, 11) is 0. The van der Waals surface area contributed by atoms with E-state index in [0.717, 1.165) is 6.42 Å². The molecular weight excluding hydrogens is 429 g/mol. The molecule has 2 saturated heterocycles. The van der Waals surface area contributed by atoms with Gasteiger partial charge in [-0.2, -0.15) is 0 Å². The molecule has 0 radical (unpaired) electrons. The summed E-state index contributed by atoms with van der Waals surface area (Å²) in [6, 6.07) is 11.0. The second-order valence-corrected chi connectivity index (χ2v) is 7.99. The molecule has 7 nitrogen and oxygen atoms in total. The van der Waals surface area contributed by atoms with Crippen molar-refractivity contribution in [2.24, 2.45) is 0 Å². The van der Waals surface area contributed by atoms with E-state index in [1.165, 1.54) is 4.90 Å². The first kappa shape index (κ1) is 20.5. The lowest BCUT2D eigenvalue weighted by Gasteiger charge is -2.24. The summed E-state index contributed by atoms with van der Waals surface area (Å²) in [4.78, 5) is 40.7. The van der Waals surface area contributed by atoms with Crippen LogP contribution in [0.4, 0.5) is 16.2 Å². The van der Waals surface area contributed by atoms with Gasteiger partial charge in [0.1, 0.15) is 12.6 Å². The van der Waals surface area contributed by atoms with E-state index in [9.17, 15) is 14.4 Å². The minimum Gasteiger partial charge on any atom is -0.447 e. The van der Waals surface area contributed by atoms with E-state index < -0.39 is 12.1 Å². The first-order chi connectivity index (χ1) is 14.4. The predicted octanol–water partition coefficient (Wildman–Crippen LogP) is 4.19. The number of amides is 3. The number of nitrogens with zero attached hydrogens (tertiary/aromatic N) is 2. The summed E-state index contributed by atoms with van der Waals surface area (Å²) in [5, 5.41) is 3.59. The fraction of sp³-hybridized carbons (Fsp3) is 0.286. The zero-order valence-corrected chi connectivity index (χ0v) is 17.4. The van der Waals surface area contributed by atoms with Gasteiger partial charge in [-0.25, -0.2) is 4.79 Å². The van der Waals surface area contributed by atoms with Gasteiger partial charge in [0.05, 0.1) is 6.54 Å². The van der Waals surface area contributed by atoms with Crippen LogP contribution in [0.15, 0.2) is 42.5 Å². The maximum atomic E-state index is 13.0. The third-order valence-electron chi connectivity index (χ3n) is 5.11. The highest BCUT2D eigenvalue weighted by Gasteiger charge is 2.35. The minimum atomic E-state index is -0.601. The molecule has 0 saturated carbocycles. The van der Waals surface area contributed by atoms with Gasteiger partial charge in [-0.15, -0.1) is 0 Å². The van der Waals surface area contributed by atoms with Crippen LogP contribution < -0.4 is 10.2 Å². The third-order valence-corrected chi connectivity index (χ3v) is 5.55. The van der Waals surface area contributed by atoms with E-state index in [1.54, 1.807) is 47.4 Å². The standard InChI is InChI=1S/C21H19Cl2N3O4/c22-14-9-13(10-15(23)11-14)20(28)26-6-2-5-18(26)19(27)24-16-3-1-4-17(12-16)25-7-8-30-21(25)29/h1,3-4,9-12,18H,2,5-8H2,(H,24,27). The van der Waals surface area contributed by atoms with E-state index in [1.807, 2.05) is 0 Å². The van der Waals surface area contributed by atoms with E-state index in [4.69, 9.17) is 27.9 Å². The van der Waals surface area contributed by atoms with Gasteiger partial charge in [-0.1, -0.05) is 29.3 Å². The number of ether oxygens (including phenoxy) is 1. The van der Waals surface area contributed by atoms with E-state index >= 15 is 0 Å². The number of halogens is 2. The average molecular weight is 448 g/mol. The largest absolute Gasteiger partial charge is 0.447 e. The molecule has 156 valence electrons. The number of anilines is 2. The molecule has 9 heteroatoms. The third kappa shape index (κ3) is 4.22. The van der Waals surface area contributed by atoms with Crippen LogP contribution in [-0.4, -0.2) is 48.5 Å². The van der Waals surface area contributed by atoms with E-state index in [0.29, 0.717) is 53.1 Å². The van der Waals surface area contributed by atoms with Crippen molar-refractivity contribution < 1.29 is 19.1 Å². The van der Waals surface area contributed by atoms with Crippen LogP contribution in [0.2, 0.25) is 10.0 Å². The number of hydrogen-bond acceptors (Lipinski definition) is 4. The molecular formula is C21H19Cl2N3O4. The Bertz CT molecular complexity index is 993. The number of benzene rings is 2. The smallest absolute Gasteiger partial charge is 0.414 e. The Morgan fingerprint density at radius 2 is 1.83 bits per heavy atom. The number of likely N-dealkylation sites (tertiary alicyclic amines) is 1. The van der Waals surface area contributed by atoms with E-state index in [-0.39, 0.29) is 11.8 Å². The molecule has 2 aromatic carbocycles. The Balaban J connectivity index is 1.49. The number of carbonyl (C=O) groups excluding carboxylic acids is 3. The Morgan fingerprint density at radius 1 is 1.07 bits per heavy atom. The maximum Gasteiger partial charge on any atom is 0.414 e. The van der Waals surface area contributed by atoms with E-state index in [2.05, 4.69) is 5.32 Å². The van der Waals surface area contributed by atoms with Crippen molar-refractivity contribution in [1.82, 2.24) is 4.90 Å². The van der Waals surface area contributed by atoms with Gasteiger partial charge >= 0.3 is 6.09 Å². The van der Waals surface area contributed by atoms with Crippen LogP contribution in [0.3, 0.4) is 0 Å². The number of nitrogens with one attached hydrogen (secondary N) is 1. The van der Waals surface area contributed by atoms with Gasteiger partial charge in [0.25, 0.3) is 5.91 Å². The van der Waals surface area contributed by atoms with Crippen molar-refractivity contribution in [1.29, 1.82) is 0 Å². The molecule has 2 aromatic rings. The fourth-order valence-corrected chi connectivity index (χ4v) is 4.26. The van der Waals surface area contributed by atoms with Crippen molar-refractivity contribution in [3.63, 3.8) is 0 Å². The topological polar surface area (TPSA) is 79.0 Å². The first-order valence-electron chi connectivity index (χ1n) is 9.54. The average Bonchev–Trinajstić information content (AvgIpc) is 3.36. The van der Waals surface area contributed by atoms with Crippen molar-refractivity contribution in [2.45, 2.75) is 18.9 Å². The molecule has 30 heavy (non-hydrogen) atoms. The fourth-order valence-electron chi connectivity index (χ4n) is 3.73. The lowest BCUT2D eigenvalue weighted by Crippen LogP contribution is -2.43. The molecule has 2 fully saturated rings. The minimum absolute atomic E-state index is 0.282. The summed E-state index contributed by atoms with van der Waals surface area (Å²) < 4.78 is 4.96. The molecule has 1 atom stereocenters. The van der Waals surface area contributed by atoms with Crippen molar-refractivity contribution in [3.8, 4) is 0 Å². The molecule has 1 unspecified atom stereocenters. The lowest BCUT2D eigenvalue weighted by atomic mass is 10.1. The molecule has 0 aliphatic carbocycles. The monoisotopic (exact) mass is 447 g/mol. The van der Waals surface area contributed by atoms with Crippen LogP contribution in [0.5, 0.6) is 0 Å². The molecule has 2 aliphatic rings. The summed E-state index contributed by atoms with van der Waals surface area (Å²) in [6.45, 7) is 1.27. The van der Waals surface area contributed by atoms with Crippen LogP contribution in [0.25, 0.3) is 0 Å². The molecule has 3 amide bonds. The zero-order chi connectivity index (χ0) is 21.3. The summed E-state index contributed by atoms with van der Waals surface area (Å²) in [6.07, 6.45) is 0.869. The highest BCUT2D eigenvalue weighted by molar-refractivity contribution is 6.35. The quantitative estimate of drug-likeness (QED) is 0.761. The normalized spacial score (nSPS) is 18.5. The number of rotatable bonds is 4. The van der Waals surface area contributed by atoms with Crippen molar-refractivity contribution in [3.05, 3.63) is 58.1 Å².